The van der Waals surface area contributed by atoms with Crippen molar-refractivity contribution in [3.05, 3.63) is 34.4 Å². The van der Waals surface area contributed by atoms with Crippen molar-refractivity contribution in [2.75, 3.05) is 0 Å². The van der Waals surface area contributed by atoms with E-state index in [0.29, 0.717) is 6.61 Å². The van der Waals surface area contributed by atoms with Gasteiger partial charge in [-0.1, -0.05) is 12.1 Å². The molecule has 4 heteroatoms. The van der Waals surface area contributed by atoms with Gasteiger partial charge in [-0.2, -0.15) is 0 Å². The van der Waals surface area contributed by atoms with E-state index in [9.17, 15) is 0 Å². The zero-order chi connectivity index (χ0) is 10.1. The first-order valence-electron chi connectivity index (χ1n) is 4.27. The molecule has 1 aromatic carbocycles. The highest BCUT2D eigenvalue weighted by Crippen LogP contribution is 2.26. The molecule has 14 heavy (non-hydrogen) atoms. The minimum absolute atomic E-state index is 0.443. The van der Waals surface area contributed by atoms with Crippen molar-refractivity contribution in [3.8, 4) is 0 Å². The van der Waals surface area contributed by atoms with Crippen LogP contribution in [0.3, 0.4) is 0 Å². The number of nitrogens with zero attached hydrogens (tertiary/aromatic N) is 1. The molecule has 0 spiro atoms. The molecule has 0 bridgehead atoms. The lowest BCUT2D eigenvalue weighted by Gasteiger charge is -2.01. The number of hydrogen-bond acceptors (Lipinski definition) is 2. The number of halogens is 1. The summed E-state index contributed by atoms with van der Waals surface area (Å²) < 4.78 is 3.18. The van der Waals surface area contributed by atoms with Crippen LogP contribution in [-0.2, 0) is 18.5 Å². The molecule has 0 unspecified atom stereocenters. The van der Waals surface area contributed by atoms with Gasteiger partial charge in [0.1, 0.15) is 0 Å². The summed E-state index contributed by atoms with van der Waals surface area (Å²) in [4.78, 5) is 4.60. The maximum absolute atomic E-state index is 5.03. The predicted molar refractivity (Wildman–Crippen MR) is 59.6 cm³/mol. The Morgan fingerprint density at radius 2 is 2.29 bits per heavy atom. The highest BCUT2D eigenvalue weighted by atomic mass is 79.9. The van der Waals surface area contributed by atoms with E-state index in [0.717, 1.165) is 10.0 Å². The van der Waals surface area contributed by atoms with Crippen LogP contribution in [0.4, 0.5) is 0 Å². The van der Waals surface area contributed by atoms with Gasteiger partial charge in [-0.3, -0.25) is 4.84 Å². The molecule has 0 saturated heterocycles. The summed E-state index contributed by atoms with van der Waals surface area (Å²) >= 11 is 3.50. The Labute approximate surface area is 90.5 Å². The van der Waals surface area contributed by atoms with E-state index >= 15 is 0 Å². The van der Waals surface area contributed by atoms with Crippen molar-refractivity contribution in [1.82, 2.24) is 4.57 Å². The summed E-state index contributed by atoms with van der Waals surface area (Å²) in [5.74, 6) is 5.03. The summed E-state index contributed by atoms with van der Waals surface area (Å²) in [5, 5.41) is 1.20. The maximum Gasteiger partial charge on any atom is 0.0930 e. The Kier molecular flexibility index (Phi) is 2.58. The van der Waals surface area contributed by atoms with Crippen LogP contribution in [0.25, 0.3) is 10.9 Å². The zero-order valence-electron chi connectivity index (χ0n) is 7.83. The van der Waals surface area contributed by atoms with E-state index in [1.807, 2.05) is 19.3 Å². The molecule has 2 aromatic rings. The lowest BCUT2D eigenvalue weighted by molar-refractivity contribution is 0.124. The molecule has 2 rings (SSSR count). The van der Waals surface area contributed by atoms with Crippen LogP contribution in [0.15, 0.2) is 28.9 Å². The van der Waals surface area contributed by atoms with Crippen LogP contribution in [0.2, 0.25) is 0 Å². The molecule has 0 radical (unpaired) electrons. The number of hydrogen-bond donors (Lipinski definition) is 1. The third kappa shape index (κ3) is 1.56. The lowest BCUT2D eigenvalue weighted by atomic mass is 10.2. The molecule has 0 atom stereocenters. The quantitative estimate of drug-likeness (QED) is 0.836. The number of nitrogens with two attached hydrogens (primary N) is 1. The van der Waals surface area contributed by atoms with E-state index in [1.54, 1.807) is 0 Å². The summed E-state index contributed by atoms with van der Waals surface area (Å²) in [6, 6.07) is 6.15. The lowest BCUT2D eigenvalue weighted by Crippen LogP contribution is -1.98. The molecule has 1 heterocycles. The Hall–Kier alpha value is -0.840. The summed E-state index contributed by atoms with van der Waals surface area (Å²) in [5.41, 5.74) is 2.25. The second kappa shape index (κ2) is 3.73. The van der Waals surface area contributed by atoms with Crippen molar-refractivity contribution in [2.45, 2.75) is 6.61 Å². The third-order valence-corrected chi connectivity index (χ3v) is 2.89. The van der Waals surface area contributed by atoms with Crippen LogP contribution in [-0.4, -0.2) is 4.57 Å². The molecule has 2 N–H and O–H groups in total. The molecule has 0 aliphatic rings. The average molecular weight is 255 g/mol. The van der Waals surface area contributed by atoms with E-state index in [-0.39, 0.29) is 0 Å². The standard InChI is InChI=1S/C10H11BrN2O/c1-13-5-9(11)8-3-2-7(6-14-12)4-10(8)13/h2-5H,6,12H2,1H3. The normalized spacial score (nSPS) is 11.1. The van der Waals surface area contributed by atoms with Crippen LogP contribution in [0, 0.1) is 0 Å². The average Bonchev–Trinajstić information content (AvgIpc) is 2.43. The van der Waals surface area contributed by atoms with E-state index in [4.69, 9.17) is 5.90 Å². The van der Waals surface area contributed by atoms with E-state index < -0.39 is 0 Å². The fourth-order valence-corrected chi connectivity index (χ4v) is 2.21. The van der Waals surface area contributed by atoms with Crippen molar-refractivity contribution in [2.24, 2.45) is 12.9 Å². The first-order valence-corrected chi connectivity index (χ1v) is 5.07. The van der Waals surface area contributed by atoms with E-state index in [1.165, 1.54) is 10.9 Å². The first kappa shape index (κ1) is 9.71. The third-order valence-electron chi connectivity index (χ3n) is 2.26. The van der Waals surface area contributed by atoms with Gasteiger partial charge in [0.2, 0.25) is 0 Å². The second-order valence-electron chi connectivity index (χ2n) is 3.25. The van der Waals surface area contributed by atoms with Crippen LogP contribution in [0.5, 0.6) is 0 Å². The highest BCUT2D eigenvalue weighted by molar-refractivity contribution is 9.10. The predicted octanol–water partition coefficient (Wildman–Crippen LogP) is 2.33. The van der Waals surface area contributed by atoms with Gasteiger partial charge in [-0.05, 0) is 27.6 Å². The van der Waals surface area contributed by atoms with Gasteiger partial charge >= 0.3 is 0 Å². The number of aryl methyl sites for hydroxylation is 1. The first-order chi connectivity index (χ1) is 6.72. The van der Waals surface area contributed by atoms with Gasteiger partial charge in [0.05, 0.1) is 6.61 Å². The number of benzene rings is 1. The number of fused-ring (bicyclic) bond motifs is 1. The van der Waals surface area contributed by atoms with Crippen LogP contribution < -0.4 is 5.90 Å². The molecule has 1 aromatic heterocycles. The second-order valence-corrected chi connectivity index (χ2v) is 4.10. The van der Waals surface area contributed by atoms with E-state index in [2.05, 4.69) is 37.5 Å². The Balaban J connectivity index is 2.59. The van der Waals surface area contributed by atoms with Gasteiger partial charge in [0.15, 0.2) is 0 Å². The summed E-state index contributed by atoms with van der Waals surface area (Å²) in [6.45, 7) is 0.443. The molecule has 0 aliphatic heterocycles. The Morgan fingerprint density at radius 3 is 3.00 bits per heavy atom. The van der Waals surface area contributed by atoms with Gasteiger partial charge in [-0.25, -0.2) is 5.90 Å². The van der Waals surface area contributed by atoms with Crippen molar-refractivity contribution in [3.63, 3.8) is 0 Å². The number of aromatic nitrogens is 1. The smallest absolute Gasteiger partial charge is 0.0930 e. The molecule has 0 amide bonds. The van der Waals surface area contributed by atoms with Gasteiger partial charge in [0.25, 0.3) is 0 Å². The van der Waals surface area contributed by atoms with Crippen molar-refractivity contribution < 1.29 is 4.84 Å². The van der Waals surface area contributed by atoms with Crippen molar-refractivity contribution in [1.29, 1.82) is 0 Å². The molecule has 0 aliphatic carbocycles. The monoisotopic (exact) mass is 254 g/mol. The highest BCUT2D eigenvalue weighted by Gasteiger charge is 2.04. The van der Waals surface area contributed by atoms with Gasteiger partial charge in [0, 0.05) is 28.6 Å². The molecular formula is C10H11BrN2O. The molecule has 74 valence electrons. The van der Waals surface area contributed by atoms with Crippen molar-refractivity contribution >= 4 is 26.8 Å². The van der Waals surface area contributed by atoms with Crippen LogP contribution in [0.1, 0.15) is 5.56 Å². The molecule has 3 nitrogen and oxygen atoms in total. The zero-order valence-corrected chi connectivity index (χ0v) is 9.41. The number of rotatable bonds is 2. The maximum atomic E-state index is 5.03. The molecule has 0 saturated carbocycles. The fraction of sp³-hybridized carbons (Fsp3) is 0.200. The topological polar surface area (TPSA) is 40.2 Å². The summed E-state index contributed by atoms with van der Waals surface area (Å²) in [6.07, 6.45) is 2.04. The molecule has 0 fully saturated rings. The SMILES string of the molecule is Cn1cc(Br)c2ccc(CON)cc21. The minimum Gasteiger partial charge on any atom is -0.349 e. The minimum atomic E-state index is 0.443. The fourth-order valence-electron chi connectivity index (χ4n) is 1.57. The Bertz CT molecular complexity index is 464. The van der Waals surface area contributed by atoms with Crippen LogP contribution >= 0.6 is 15.9 Å². The largest absolute Gasteiger partial charge is 0.349 e. The molecular weight excluding hydrogens is 244 g/mol. The van der Waals surface area contributed by atoms with Gasteiger partial charge < -0.3 is 4.57 Å². The van der Waals surface area contributed by atoms with Gasteiger partial charge in [-0.15, -0.1) is 0 Å². The summed E-state index contributed by atoms with van der Waals surface area (Å²) in [7, 11) is 2.01. The Morgan fingerprint density at radius 1 is 1.50 bits per heavy atom.